The van der Waals surface area contributed by atoms with Gasteiger partial charge in [-0.2, -0.15) is 0 Å². The van der Waals surface area contributed by atoms with Crippen LogP contribution in [-0.4, -0.2) is 24.7 Å². The van der Waals surface area contributed by atoms with Crippen molar-refractivity contribution in [2.24, 2.45) is 5.92 Å². The van der Waals surface area contributed by atoms with Crippen molar-refractivity contribution in [3.63, 3.8) is 0 Å². The third-order valence-electron chi connectivity index (χ3n) is 4.85. The fourth-order valence-corrected chi connectivity index (χ4v) is 3.51. The van der Waals surface area contributed by atoms with E-state index >= 15 is 0 Å². The topological polar surface area (TPSA) is 15.3 Å². The van der Waals surface area contributed by atoms with Crippen LogP contribution < -0.4 is 10.2 Å². The minimum atomic E-state index is -0.212. The predicted molar refractivity (Wildman–Crippen MR) is 82.0 cm³/mol. The third kappa shape index (κ3) is 2.53. The molecule has 4 heteroatoms. The van der Waals surface area contributed by atoms with Crippen LogP contribution in [0.1, 0.15) is 33.1 Å². The van der Waals surface area contributed by atoms with E-state index < -0.39 is 0 Å². The molecule has 1 aliphatic heterocycles. The van der Waals surface area contributed by atoms with Crippen LogP contribution >= 0.6 is 11.6 Å². The maximum Gasteiger partial charge on any atom is 0.147 e. The summed E-state index contributed by atoms with van der Waals surface area (Å²) >= 11 is 5.87. The summed E-state index contributed by atoms with van der Waals surface area (Å²) in [4.78, 5) is 2.24. The van der Waals surface area contributed by atoms with Gasteiger partial charge in [0, 0.05) is 29.7 Å². The Balaban J connectivity index is 1.90. The van der Waals surface area contributed by atoms with Gasteiger partial charge in [0.15, 0.2) is 0 Å². The van der Waals surface area contributed by atoms with E-state index in [9.17, 15) is 4.39 Å². The Bertz CT molecular complexity index is 503. The van der Waals surface area contributed by atoms with Gasteiger partial charge in [-0.15, -0.1) is 0 Å². The van der Waals surface area contributed by atoms with Gasteiger partial charge in [-0.3, -0.25) is 0 Å². The fraction of sp³-hybridized carbons (Fsp3) is 0.625. The Labute approximate surface area is 125 Å². The van der Waals surface area contributed by atoms with Crippen LogP contribution in [0.2, 0.25) is 5.02 Å². The molecule has 0 aromatic heterocycles. The summed E-state index contributed by atoms with van der Waals surface area (Å²) in [6, 6.07) is 5.36. The molecule has 2 nitrogen and oxygen atoms in total. The molecule has 0 spiro atoms. The number of nitrogens with zero attached hydrogens (tertiary/aromatic N) is 1. The Hall–Kier alpha value is -0.800. The predicted octanol–water partition coefficient (Wildman–Crippen LogP) is 3.84. The molecule has 3 rings (SSSR count). The molecule has 1 heterocycles. The highest BCUT2D eigenvalue weighted by Gasteiger charge is 2.46. The van der Waals surface area contributed by atoms with Gasteiger partial charge in [0.2, 0.25) is 0 Å². The van der Waals surface area contributed by atoms with Crippen molar-refractivity contribution in [1.29, 1.82) is 0 Å². The normalized spacial score (nSPS) is 30.6. The van der Waals surface area contributed by atoms with E-state index in [0.717, 1.165) is 25.4 Å². The van der Waals surface area contributed by atoms with Crippen molar-refractivity contribution in [1.82, 2.24) is 5.32 Å². The van der Waals surface area contributed by atoms with E-state index in [1.165, 1.54) is 18.9 Å². The van der Waals surface area contributed by atoms with Gasteiger partial charge < -0.3 is 10.2 Å². The maximum atomic E-state index is 14.3. The summed E-state index contributed by atoms with van der Waals surface area (Å²) in [6.07, 6.45) is 3.59. The van der Waals surface area contributed by atoms with Crippen molar-refractivity contribution in [3.05, 3.63) is 29.0 Å². The lowest BCUT2D eigenvalue weighted by Gasteiger charge is -2.47. The second-order valence-corrected chi connectivity index (χ2v) is 6.79. The van der Waals surface area contributed by atoms with E-state index in [1.54, 1.807) is 6.07 Å². The summed E-state index contributed by atoms with van der Waals surface area (Å²) in [6.45, 7) is 6.23. The van der Waals surface area contributed by atoms with Gasteiger partial charge in [0.05, 0.1) is 5.69 Å². The molecule has 1 aromatic rings. The van der Waals surface area contributed by atoms with Crippen molar-refractivity contribution < 1.29 is 4.39 Å². The molecule has 0 amide bonds. The Kier molecular flexibility index (Phi) is 3.67. The van der Waals surface area contributed by atoms with Gasteiger partial charge in [-0.05, 0) is 50.3 Å². The summed E-state index contributed by atoms with van der Waals surface area (Å²) < 4.78 is 14.3. The summed E-state index contributed by atoms with van der Waals surface area (Å²) in [5, 5.41) is 4.16. The number of benzene rings is 1. The standard InChI is InChI=1S/C16H22ClFN2/c1-3-13-9-19-16(2,11-4-5-11)10-20(13)15-7-6-12(17)8-14(15)18/h6-8,11,13,19H,3-5,9-10H2,1-2H3. The fourth-order valence-electron chi connectivity index (χ4n) is 3.35. The average molecular weight is 297 g/mol. The smallest absolute Gasteiger partial charge is 0.147 e. The number of hydrogen-bond donors (Lipinski definition) is 1. The van der Waals surface area contributed by atoms with E-state index in [4.69, 9.17) is 11.6 Å². The number of anilines is 1. The quantitative estimate of drug-likeness (QED) is 0.912. The van der Waals surface area contributed by atoms with Crippen molar-refractivity contribution in [2.45, 2.75) is 44.7 Å². The Morgan fingerprint density at radius 3 is 2.80 bits per heavy atom. The van der Waals surface area contributed by atoms with Gasteiger partial charge in [-0.25, -0.2) is 4.39 Å². The second-order valence-electron chi connectivity index (χ2n) is 6.36. The summed E-state index contributed by atoms with van der Waals surface area (Å²) in [7, 11) is 0. The number of rotatable bonds is 3. The summed E-state index contributed by atoms with van der Waals surface area (Å²) in [5.74, 6) is 0.522. The zero-order valence-electron chi connectivity index (χ0n) is 12.1. The molecule has 2 unspecified atom stereocenters. The van der Waals surface area contributed by atoms with Gasteiger partial charge >= 0.3 is 0 Å². The van der Waals surface area contributed by atoms with Gasteiger partial charge in [0.1, 0.15) is 5.82 Å². The average Bonchev–Trinajstić information content (AvgIpc) is 3.23. The molecular weight excluding hydrogens is 275 g/mol. The van der Waals surface area contributed by atoms with Crippen LogP contribution in [0.15, 0.2) is 18.2 Å². The lowest BCUT2D eigenvalue weighted by atomic mass is 9.90. The SMILES string of the molecule is CCC1CNC(C)(C2CC2)CN1c1ccc(Cl)cc1F. The molecular formula is C16H22ClFN2. The zero-order chi connectivity index (χ0) is 14.3. The molecule has 2 aliphatic rings. The first-order valence-electron chi connectivity index (χ1n) is 7.50. The summed E-state index contributed by atoms with van der Waals surface area (Å²) in [5.41, 5.74) is 0.798. The van der Waals surface area contributed by atoms with E-state index in [0.29, 0.717) is 16.8 Å². The second kappa shape index (κ2) is 5.19. The van der Waals surface area contributed by atoms with E-state index in [-0.39, 0.29) is 11.4 Å². The van der Waals surface area contributed by atoms with Crippen molar-refractivity contribution in [3.8, 4) is 0 Å². The molecule has 0 bridgehead atoms. The lowest BCUT2D eigenvalue weighted by Crippen LogP contribution is -2.64. The van der Waals surface area contributed by atoms with Gasteiger partial charge in [-0.1, -0.05) is 18.5 Å². The Morgan fingerprint density at radius 1 is 1.45 bits per heavy atom. The van der Waals surface area contributed by atoms with Crippen LogP contribution in [0.5, 0.6) is 0 Å². The van der Waals surface area contributed by atoms with E-state index in [1.807, 2.05) is 6.07 Å². The van der Waals surface area contributed by atoms with Crippen LogP contribution in [0.3, 0.4) is 0 Å². The highest BCUT2D eigenvalue weighted by molar-refractivity contribution is 6.30. The van der Waals surface area contributed by atoms with Crippen molar-refractivity contribution >= 4 is 17.3 Å². The number of hydrogen-bond acceptors (Lipinski definition) is 2. The molecule has 1 saturated heterocycles. The molecule has 1 aromatic carbocycles. The van der Waals surface area contributed by atoms with Crippen LogP contribution in [-0.2, 0) is 0 Å². The van der Waals surface area contributed by atoms with Crippen LogP contribution in [0.25, 0.3) is 0 Å². The highest BCUT2D eigenvalue weighted by atomic mass is 35.5. The monoisotopic (exact) mass is 296 g/mol. The molecule has 1 N–H and O–H groups in total. The van der Waals surface area contributed by atoms with Crippen molar-refractivity contribution in [2.75, 3.05) is 18.0 Å². The van der Waals surface area contributed by atoms with E-state index in [2.05, 4.69) is 24.1 Å². The molecule has 20 heavy (non-hydrogen) atoms. The first-order chi connectivity index (χ1) is 9.53. The molecule has 2 atom stereocenters. The highest BCUT2D eigenvalue weighted by Crippen LogP contribution is 2.42. The first-order valence-corrected chi connectivity index (χ1v) is 7.88. The minimum Gasteiger partial charge on any atom is -0.363 e. The maximum absolute atomic E-state index is 14.3. The third-order valence-corrected chi connectivity index (χ3v) is 5.09. The minimum absolute atomic E-state index is 0.109. The largest absolute Gasteiger partial charge is 0.363 e. The van der Waals surface area contributed by atoms with Gasteiger partial charge in [0.25, 0.3) is 0 Å². The molecule has 1 saturated carbocycles. The number of halogens is 2. The first kappa shape index (κ1) is 14.2. The zero-order valence-corrected chi connectivity index (χ0v) is 12.9. The van der Waals surface area contributed by atoms with Crippen LogP contribution in [0, 0.1) is 11.7 Å². The Morgan fingerprint density at radius 2 is 2.20 bits per heavy atom. The molecule has 0 radical (unpaired) electrons. The number of piperazine rings is 1. The lowest BCUT2D eigenvalue weighted by molar-refractivity contribution is 0.251. The molecule has 2 fully saturated rings. The van der Waals surface area contributed by atoms with Crippen LogP contribution in [0.4, 0.5) is 10.1 Å². The molecule has 1 aliphatic carbocycles. The number of nitrogens with one attached hydrogen (secondary N) is 1. The molecule has 110 valence electrons.